The van der Waals surface area contributed by atoms with Crippen LogP contribution in [0, 0.1) is 0 Å². The fraction of sp³-hybridized carbons (Fsp3) is 0.464. The summed E-state index contributed by atoms with van der Waals surface area (Å²) in [6.07, 6.45) is -6.47. The van der Waals surface area contributed by atoms with Crippen LogP contribution in [-0.4, -0.2) is 71.1 Å². The molecule has 2 aromatic carbocycles. The lowest BCUT2D eigenvalue weighted by molar-refractivity contribution is -0.144. The van der Waals surface area contributed by atoms with E-state index in [-0.39, 0.29) is 25.8 Å². The third-order valence-electron chi connectivity index (χ3n) is 6.26. The number of halogens is 3. The van der Waals surface area contributed by atoms with Crippen LogP contribution in [0.2, 0.25) is 0 Å². The summed E-state index contributed by atoms with van der Waals surface area (Å²) in [7, 11) is 1.16. The maximum atomic E-state index is 13.1. The van der Waals surface area contributed by atoms with Gasteiger partial charge in [0.15, 0.2) is 0 Å². The third-order valence-corrected chi connectivity index (χ3v) is 6.26. The van der Waals surface area contributed by atoms with Gasteiger partial charge >= 0.3 is 24.3 Å². The molecule has 0 bridgehead atoms. The molecular weight excluding hydrogens is 517 g/mol. The minimum absolute atomic E-state index is 0.0615. The first-order valence-corrected chi connectivity index (χ1v) is 12.6. The van der Waals surface area contributed by atoms with E-state index in [2.05, 4.69) is 0 Å². The van der Waals surface area contributed by atoms with Crippen molar-refractivity contribution < 1.29 is 42.1 Å². The highest BCUT2D eigenvalue weighted by Gasteiger charge is 2.42. The Balaban J connectivity index is 1.81. The zero-order valence-corrected chi connectivity index (χ0v) is 22.3. The van der Waals surface area contributed by atoms with E-state index < -0.39 is 48.6 Å². The molecule has 0 saturated carbocycles. The van der Waals surface area contributed by atoms with E-state index in [4.69, 9.17) is 9.47 Å². The van der Waals surface area contributed by atoms with Crippen LogP contribution < -0.4 is 0 Å². The van der Waals surface area contributed by atoms with E-state index in [1.165, 1.54) is 4.90 Å². The van der Waals surface area contributed by atoms with Crippen molar-refractivity contribution in [2.45, 2.75) is 63.9 Å². The number of nitrogens with zero attached hydrogens (tertiary/aromatic N) is 2. The number of amides is 2. The first-order valence-electron chi connectivity index (χ1n) is 12.6. The van der Waals surface area contributed by atoms with Gasteiger partial charge in [-0.3, -0.25) is 9.80 Å². The molecule has 8 nitrogen and oxygen atoms in total. The minimum Gasteiger partial charge on any atom is -0.480 e. The van der Waals surface area contributed by atoms with E-state index in [1.807, 2.05) is 36.4 Å². The number of carboxylic acid groups (broad SMARTS) is 1. The van der Waals surface area contributed by atoms with Crippen molar-refractivity contribution in [2.75, 3.05) is 20.2 Å². The van der Waals surface area contributed by atoms with Gasteiger partial charge in [0.05, 0.1) is 13.2 Å². The fourth-order valence-electron chi connectivity index (χ4n) is 4.75. The van der Waals surface area contributed by atoms with Gasteiger partial charge in [0.1, 0.15) is 18.2 Å². The number of aliphatic carboxylic acids is 1. The normalized spacial score (nSPS) is 13.7. The largest absolute Gasteiger partial charge is 0.480 e. The Labute approximate surface area is 225 Å². The number of methoxy groups -OCH3 is 1. The standard InChI is InChI=1S/C28H33F3N2O6/c1-27(2,3)39-25(36)32(17-28(29,30)31)16-10-9-15-22(24(34)35)33(26(37)38-4)23-20-13-7-5-11-18(20)19-12-6-8-14-21(19)23/h5-8,11-14,22-23H,9-10,15-17H2,1-4H3,(H,34,35). The molecule has 0 aromatic heterocycles. The molecule has 3 rings (SSSR count). The van der Waals surface area contributed by atoms with Gasteiger partial charge in [-0.2, -0.15) is 13.2 Å². The van der Waals surface area contributed by atoms with E-state index in [0.29, 0.717) is 4.90 Å². The lowest BCUT2D eigenvalue weighted by atomic mass is 9.99. The molecule has 2 amide bonds. The third kappa shape index (κ3) is 7.42. The highest BCUT2D eigenvalue weighted by atomic mass is 19.4. The maximum Gasteiger partial charge on any atom is 0.411 e. The smallest absolute Gasteiger partial charge is 0.411 e. The second-order valence-corrected chi connectivity index (χ2v) is 10.3. The van der Waals surface area contributed by atoms with Crippen LogP contribution in [0.1, 0.15) is 57.2 Å². The van der Waals surface area contributed by atoms with Crippen LogP contribution in [0.4, 0.5) is 22.8 Å². The van der Waals surface area contributed by atoms with Crippen molar-refractivity contribution >= 4 is 18.2 Å². The van der Waals surface area contributed by atoms with Gasteiger partial charge in [-0.15, -0.1) is 0 Å². The van der Waals surface area contributed by atoms with E-state index >= 15 is 0 Å². The first kappa shape index (κ1) is 29.8. The van der Waals surface area contributed by atoms with Crippen LogP contribution in [0.15, 0.2) is 48.5 Å². The average molecular weight is 551 g/mol. The summed E-state index contributed by atoms with van der Waals surface area (Å²) < 4.78 is 49.4. The molecule has 0 aliphatic heterocycles. The number of fused-ring (bicyclic) bond motifs is 3. The van der Waals surface area contributed by atoms with Gasteiger partial charge in [-0.05, 0) is 62.3 Å². The summed E-state index contributed by atoms with van der Waals surface area (Å²) in [5, 5.41) is 10.1. The molecule has 0 heterocycles. The van der Waals surface area contributed by atoms with Crippen molar-refractivity contribution in [3.05, 3.63) is 59.7 Å². The molecule has 1 aliphatic rings. The van der Waals surface area contributed by atoms with E-state index in [1.54, 1.807) is 32.9 Å². The molecule has 2 aromatic rings. The summed E-state index contributed by atoms with van der Waals surface area (Å²) in [6, 6.07) is 12.7. The summed E-state index contributed by atoms with van der Waals surface area (Å²) in [5.74, 6) is -1.28. The van der Waals surface area contributed by atoms with Gasteiger partial charge < -0.3 is 14.6 Å². The lowest BCUT2D eigenvalue weighted by Crippen LogP contribution is -2.47. The Bertz CT molecular complexity index is 1150. The lowest BCUT2D eigenvalue weighted by Gasteiger charge is -2.34. The number of carboxylic acids is 1. The highest BCUT2D eigenvalue weighted by molar-refractivity contribution is 5.85. The number of ether oxygens (including phenoxy) is 2. The molecule has 39 heavy (non-hydrogen) atoms. The summed E-state index contributed by atoms with van der Waals surface area (Å²) in [6.45, 7) is 2.86. The summed E-state index contributed by atoms with van der Waals surface area (Å²) in [5.41, 5.74) is 2.25. The predicted octanol–water partition coefficient (Wildman–Crippen LogP) is 6.25. The average Bonchev–Trinajstić information content (AvgIpc) is 3.17. The molecule has 0 fully saturated rings. The zero-order chi connectivity index (χ0) is 29.0. The number of carbonyl (C=O) groups excluding carboxylic acids is 2. The van der Waals surface area contributed by atoms with Crippen LogP contribution in [-0.2, 0) is 14.3 Å². The number of alkyl halides is 3. The topological polar surface area (TPSA) is 96.4 Å². The van der Waals surface area contributed by atoms with E-state index in [9.17, 15) is 32.7 Å². The van der Waals surface area contributed by atoms with Crippen molar-refractivity contribution in [1.29, 1.82) is 0 Å². The Morgan fingerprint density at radius 1 is 0.923 bits per heavy atom. The Morgan fingerprint density at radius 3 is 1.92 bits per heavy atom. The van der Waals surface area contributed by atoms with Gasteiger partial charge in [0.25, 0.3) is 0 Å². The fourth-order valence-corrected chi connectivity index (χ4v) is 4.75. The molecule has 0 radical (unpaired) electrons. The highest BCUT2D eigenvalue weighted by Crippen LogP contribution is 2.47. The SMILES string of the molecule is COC(=O)N(C(CCCCN(CC(F)(F)F)C(=O)OC(C)(C)C)C(=O)O)C1c2ccccc2-c2ccccc21. The first-order chi connectivity index (χ1) is 18.2. The Hall–Kier alpha value is -3.76. The van der Waals surface area contributed by atoms with Gasteiger partial charge in [0, 0.05) is 6.54 Å². The van der Waals surface area contributed by atoms with Crippen LogP contribution in [0.3, 0.4) is 0 Å². The van der Waals surface area contributed by atoms with Crippen LogP contribution in [0.25, 0.3) is 11.1 Å². The Kier molecular flexibility index (Phi) is 9.14. The molecule has 0 spiro atoms. The van der Waals surface area contributed by atoms with Crippen LogP contribution >= 0.6 is 0 Å². The molecular formula is C28H33F3N2O6. The quantitative estimate of drug-likeness (QED) is 0.371. The second-order valence-electron chi connectivity index (χ2n) is 10.3. The molecule has 1 atom stereocenters. The van der Waals surface area contributed by atoms with Gasteiger partial charge in [0.2, 0.25) is 0 Å². The van der Waals surface area contributed by atoms with Crippen LogP contribution in [0.5, 0.6) is 0 Å². The van der Waals surface area contributed by atoms with E-state index in [0.717, 1.165) is 29.4 Å². The molecule has 212 valence electrons. The van der Waals surface area contributed by atoms with Crippen molar-refractivity contribution in [2.24, 2.45) is 0 Å². The molecule has 1 N–H and O–H groups in total. The number of rotatable bonds is 9. The van der Waals surface area contributed by atoms with Gasteiger partial charge in [-0.25, -0.2) is 14.4 Å². The summed E-state index contributed by atoms with van der Waals surface area (Å²) >= 11 is 0. The number of hydrogen-bond acceptors (Lipinski definition) is 5. The maximum absolute atomic E-state index is 13.1. The van der Waals surface area contributed by atoms with Crippen molar-refractivity contribution in [3.8, 4) is 11.1 Å². The van der Waals surface area contributed by atoms with Crippen molar-refractivity contribution in [1.82, 2.24) is 9.80 Å². The number of hydrogen-bond donors (Lipinski definition) is 1. The second kappa shape index (κ2) is 12.0. The molecule has 1 unspecified atom stereocenters. The minimum atomic E-state index is -4.63. The van der Waals surface area contributed by atoms with Gasteiger partial charge in [-0.1, -0.05) is 48.5 Å². The molecule has 0 saturated heterocycles. The monoisotopic (exact) mass is 550 g/mol. The Morgan fingerprint density at radius 2 is 1.46 bits per heavy atom. The predicted molar refractivity (Wildman–Crippen MR) is 137 cm³/mol. The number of unbranched alkanes of at least 4 members (excludes halogenated alkanes) is 1. The number of carbonyl (C=O) groups is 3. The molecule has 11 heteroatoms. The summed E-state index contributed by atoms with van der Waals surface area (Å²) in [4.78, 5) is 39.6. The van der Waals surface area contributed by atoms with Crippen molar-refractivity contribution in [3.63, 3.8) is 0 Å². The number of benzene rings is 2. The zero-order valence-electron chi connectivity index (χ0n) is 22.3. The molecule has 1 aliphatic carbocycles.